The molecule has 1 spiro atoms. The van der Waals surface area contributed by atoms with Crippen molar-refractivity contribution in [2.75, 3.05) is 6.54 Å². The molecule has 1 aromatic carbocycles. The number of hydrogen-bond acceptors (Lipinski definition) is 8. The zero-order valence-corrected chi connectivity index (χ0v) is 23.9. The summed E-state index contributed by atoms with van der Waals surface area (Å²) in [5.41, 5.74) is -1.61. The number of nitrogens with zero attached hydrogens (tertiary/aromatic N) is 1. The summed E-state index contributed by atoms with van der Waals surface area (Å²) in [7, 11) is -4.16. The highest BCUT2D eigenvalue weighted by Gasteiger charge is 2.72. The van der Waals surface area contributed by atoms with Crippen molar-refractivity contribution < 1.29 is 32.4 Å². The number of aliphatic hydroxyl groups is 1. The number of rotatable bonds is 3. The molecule has 6 rings (SSSR count). The van der Waals surface area contributed by atoms with Gasteiger partial charge in [-0.05, 0) is 49.7 Å². The lowest BCUT2D eigenvalue weighted by atomic mass is 9.42. The maximum Gasteiger partial charge on any atom is 0.297 e. The van der Waals surface area contributed by atoms with Gasteiger partial charge in [-0.3, -0.25) is 8.98 Å². The summed E-state index contributed by atoms with van der Waals surface area (Å²) in [5.74, 6) is -0.310. The third-order valence-corrected chi connectivity index (χ3v) is 12.8. The Morgan fingerprint density at radius 2 is 1.82 bits per heavy atom. The van der Waals surface area contributed by atoms with Crippen molar-refractivity contribution in [1.82, 2.24) is 5.32 Å². The predicted molar refractivity (Wildman–Crippen MR) is 142 cm³/mol. The van der Waals surface area contributed by atoms with Crippen LogP contribution < -0.4 is 5.32 Å². The SMILES string of the molecule is CC1CCC2C(C)(C)C(=NO)C(OS(=O)(=O)c3ccccc3)CC23OC2C(CC13C)C(O)CC1C(=O)NCC12. The Bertz CT molecular complexity index is 1280. The predicted octanol–water partition coefficient (Wildman–Crippen LogP) is 3.34. The van der Waals surface area contributed by atoms with E-state index in [2.05, 4.69) is 24.3 Å². The molecule has 9 nitrogen and oxygen atoms in total. The summed E-state index contributed by atoms with van der Waals surface area (Å²) >= 11 is 0. The molecule has 2 heterocycles. The van der Waals surface area contributed by atoms with Gasteiger partial charge in [0.2, 0.25) is 5.91 Å². The van der Waals surface area contributed by atoms with Crippen LogP contribution in [0.3, 0.4) is 0 Å². The largest absolute Gasteiger partial charge is 0.411 e. The average Bonchev–Trinajstić information content (AvgIpc) is 3.24. The lowest BCUT2D eigenvalue weighted by molar-refractivity contribution is -0.323. The third kappa shape index (κ3) is 3.77. The minimum Gasteiger partial charge on any atom is -0.411 e. The Kier molecular flexibility index (Phi) is 6.27. The van der Waals surface area contributed by atoms with Gasteiger partial charge in [0, 0.05) is 41.5 Å². The highest BCUT2D eigenvalue weighted by molar-refractivity contribution is 7.86. The van der Waals surface area contributed by atoms with Crippen molar-refractivity contribution in [2.45, 2.75) is 88.6 Å². The van der Waals surface area contributed by atoms with Crippen LogP contribution in [0.5, 0.6) is 0 Å². The van der Waals surface area contributed by atoms with Crippen LogP contribution in [0.1, 0.15) is 59.8 Å². The first kappa shape index (κ1) is 27.2. The fraction of sp³-hybridized carbons (Fsp3) is 0.724. The second kappa shape index (κ2) is 8.99. The summed E-state index contributed by atoms with van der Waals surface area (Å²) in [4.78, 5) is 12.7. The maximum absolute atomic E-state index is 13.4. The van der Waals surface area contributed by atoms with E-state index in [-0.39, 0.29) is 52.9 Å². The molecule has 5 fully saturated rings. The van der Waals surface area contributed by atoms with Gasteiger partial charge in [-0.25, -0.2) is 0 Å². The van der Waals surface area contributed by atoms with Crippen LogP contribution in [0.15, 0.2) is 40.4 Å². The van der Waals surface area contributed by atoms with Gasteiger partial charge in [-0.1, -0.05) is 51.0 Å². The van der Waals surface area contributed by atoms with Crippen molar-refractivity contribution in [3.63, 3.8) is 0 Å². The van der Waals surface area contributed by atoms with Crippen LogP contribution in [-0.4, -0.2) is 60.8 Å². The fourth-order valence-corrected chi connectivity index (χ4v) is 10.3. The quantitative estimate of drug-likeness (QED) is 0.293. The number of nitrogens with one attached hydrogen (secondary N) is 1. The molecule has 5 aliphatic rings. The van der Waals surface area contributed by atoms with E-state index in [0.717, 1.165) is 12.8 Å². The van der Waals surface area contributed by atoms with Gasteiger partial charge in [0.25, 0.3) is 10.1 Å². The summed E-state index contributed by atoms with van der Waals surface area (Å²) in [6.45, 7) is 8.93. The van der Waals surface area contributed by atoms with Crippen molar-refractivity contribution in [2.24, 2.45) is 45.6 Å². The molecule has 214 valence electrons. The van der Waals surface area contributed by atoms with E-state index in [1.807, 2.05) is 13.8 Å². The lowest BCUT2D eigenvalue weighted by Gasteiger charge is -2.70. The Hall–Kier alpha value is -2.01. The first-order valence-electron chi connectivity index (χ1n) is 14.2. The molecule has 2 aliphatic heterocycles. The summed E-state index contributed by atoms with van der Waals surface area (Å²) in [6, 6.07) is 8.00. The number of benzene rings is 1. The molecule has 0 aromatic heterocycles. The molecule has 1 amide bonds. The Labute approximate surface area is 230 Å². The fourth-order valence-electron chi connectivity index (χ4n) is 9.22. The molecule has 3 N–H and O–H groups in total. The molecule has 10 heteroatoms. The second-order valence-electron chi connectivity index (χ2n) is 13.4. The lowest BCUT2D eigenvalue weighted by Crippen LogP contribution is -2.74. The van der Waals surface area contributed by atoms with Gasteiger partial charge >= 0.3 is 0 Å². The first-order chi connectivity index (χ1) is 18.4. The van der Waals surface area contributed by atoms with Crippen LogP contribution in [0.4, 0.5) is 0 Å². The van der Waals surface area contributed by atoms with Crippen molar-refractivity contribution in [1.29, 1.82) is 0 Å². The number of amides is 1. The third-order valence-electron chi connectivity index (χ3n) is 11.4. The molecule has 0 radical (unpaired) electrons. The molecule has 1 aromatic rings. The number of oxime groups is 1. The number of carbonyl (C=O) groups is 1. The summed E-state index contributed by atoms with van der Waals surface area (Å²) < 4.78 is 40.1. The van der Waals surface area contributed by atoms with Crippen LogP contribution in [0.2, 0.25) is 0 Å². The van der Waals surface area contributed by atoms with Crippen LogP contribution in [0, 0.1) is 40.4 Å². The van der Waals surface area contributed by atoms with Gasteiger partial charge in [0.05, 0.1) is 28.4 Å². The van der Waals surface area contributed by atoms with Crippen molar-refractivity contribution >= 4 is 21.7 Å². The number of ether oxygens (including phenoxy) is 1. The molecule has 10 atom stereocenters. The Balaban J connectivity index is 1.46. The van der Waals surface area contributed by atoms with Crippen molar-refractivity contribution in [3.05, 3.63) is 30.3 Å². The zero-order chi connectivity index (χ0) is 28.0. The summed E-state index contributed by atoms with van der Waals surface area (Å²) in [6.07, 6.45) is 1.13. The van der Waals surface area contributed by atoms with Crippen molar-refractivity contribution in [3.8, 4) is 0 Å². The van der Waals surface area contributed by atoms with Crippen LogP contribution >= 0.6 is 0 Å². The molecule has 3 saturated carbocycles. The molecular formula is C29H40N2O7S. The number of aliphatic hydroxyl groups excluding tert-OH is 1. The molecule has 2 saturated heterocycles. The minimum absolute atomic E-state index is 0.0330. The number of carbonyl (C=O) groups excluding carboxylic acids is 1. The standard InChI is InChI=1S/C29H40N2O7S/c1-16-10-11-23-27(2,3)25(31-34)22(38-39(35,36)17-8-6-5-7-9-17)14-29(23)28(16,4)13-19-21(32)12-18-20(24(19)37-29)15-30-26(18)33/h5-9,16,18-24,32,34H,10-15H2,1-4H3,(H,30,33). The second-order valence-corrected chi connectivity index (χ2v) is 14.9. The molecular weight excluding hydrogens is 520 g/mol. The Morgan fingerprint density at radius 3 is 2.51 bits per heavy atom. The van der Waals surface area contributed by atoms with Gasteiger partial charge in [-0.2, -0.15) is 8.42 Å². The van der Waals surface area contributed by atoms with E-state index in [4.69, 9.17) is 8.92 Å². The maximum atomic E-state index is 13.4. The van der Waals surface area contributed by atoms with Crippen LogP contribution in [0.25, 0.3) is 0 Å². The van der Waals surface area contributed by atoms with E-state index in [1.54, 1.807) is 18.2 Å². The monoisotopic (exact) mass is 560 g/mol. The van der Waals surface area contributed by atoms with Gasteiger partial charge < -0.3 is 20.4 Å². The van der Waals surface area contributed by atoms with E-state index < -0.39 is 38.8 Å². The zero-order valence-electron chi connectivity index (χ0n) is 23.0. The number of hydrogen-bond donors (Lipinski definition) is 3. The normalized spacial score (nSPS) is 46.0. The Morgan fingerprint density at radius 1 is 1.10 bits per heavy atom. The summed E-state index contributed by atoms with van der Waals surface area (Å²) in [5, 5.41) is 28.1. The van der Waals surface area contributed by atoms with E-state index in [0.29, 0.717) is 25.1 Å². The van der Waals surface area contributed by atoms with Gasteiger partial charge in [-0.15, -0.1) is 0 Å². The minimum atomic E-state index is -4.16. The smallest absolute Gasteiger partial charge is 0.297 e. The highest BCUT2D eigenvalue weighted by atomic mass is 32.2. The average molecular weight is 561 g/mol. The molecule has 10 unspecified atom stereocenters. The van der Waals surface area contributed by atoms with E-state index >= 15 is 0 Å². The van der Waals surface area contributed by atoms with Crippen LogP contribution in [-0.2, 0) is 23.8 Å². The van der Waals surface area contributed by atoms with E-state index in [9.17, 15) is 23.5 Å². The first-order valence-corrected chi connectivity index (χ1v) is 15.6. The topological polar surface area (TPSA) is 135 Å². The van der Waals surface area contributed by atoms with Gasteiger partial charge in [0.1, 0.15) is 6.10 Å². The van der Waals surface area contributed by atoms with E-state index in [1.165, 1.54) is 12.1 Å². The molecule has 0 bridgehead atoms. The highest BCUT2D eigenvalue weighted by Crippen LogP contribution is 2.68. The number of fused-ring (bicyclic) bond motifs is 3. The molecule has 39 heavy (non-hydrogen) atoms. The van der Waals surface area contributed by atoms with Gasteiger partial charge in [0.15, 0.2) is 0 Å². The molecule has 3 aliphatic carbocycles.